The van der Waals surface area contributed by atoms with Crippen molar-refractivity contribution < 1.29 is 9.84 Å². The maximum absolute atomic E-state index is 10.1. The van der Waals surface area contributed by atoms with Crippen LogP contribution in [0.15, 0.2) is 0 Å². The zero-order valence-corrected chi connectivity index (χ0v) is 11.7. The first kappa shape index (κ1) is 15.5. The van der Waals surface area contributed by atoms with Gasteiger partial charge in [0.25, 0.3) is 0 Å². The highest BCUT2D eigenvalue weighted by atomic mass is 16.5. The lowest BCUT2D eigenvalue weighted by Crippen LogP contribution is -2.34. The maximum atomic E-state index is 10.1. The van der Waals surface area contributed by atoms with Gasteiger partial charge in [-0.2, -0.15) is 5.26 Å². The third-order valence-electron chi connectivity index (χ3n) is 3.99. The molecule has 0 spiro atoms. The summed E-state index contributed by atoms with van der Waals surface area (Å²) in [5.74, 6) is 0. The second kappa shape index (κ2) is 8.50. The smallest absolute Gasteiger partial charge is 0.109 e. The van der Waals surface area contributed by atoms with Crippen LogP contribution in [0.3, 0.4) is 0 Å². The molecule has 0 aromatic rings. The van der Waals surface area contributed by atoms with Gasteiger partial charge in [-0.1, -0.05) is 51.9 Å². The van der Waals surface area contributed by atoms with Crippen LogP contribution in [-0.2, 0) is 4.74 Å². The van der Waals surface area contributed by atoms with Crippen molar-refractivity contribution in [2.45, 2.75) is 70.8 Å². The van der Waals surface area contributed by atoms with Gasteiger partial charge in [0, 0.05) is 6.61 Å². The minimum Gasteiger partial charge on any atom is -0.391 e. The van der Waals surface area contributed by atoms with Gasteiger partial charge >= 0.3 is 0 Å². The van der Waals surface area contributed by atoms with Crippen molar-refractivity contribution in [3.8, 4) is 6.07 Å². The number of hydrogen-bond acceptors (Lipinski definition) is 3. The monoisotopic (exact) mass is 253 g/mol. The highest BCUT2D eigenvalue weighted by Gasteiger charge is 2.41. The zero-order valence-electron chi connectivity index (χ0n) is 11.7. The number of nitriles is 1. The summed E-state index contributed by atoms with van der Waals surface area (Å²) in [6.07, 6.45) is 9.60. The molecule has 0 aliphatic carbocycles. The van der Waals surface area contributed by atoms with Gasteiger partial charge in [-0.3, -0.25) is 0 Å². The summed E-state index contributed by atoms with van der Waals surface area (Å²) in [6, 6.07) is 2.27. The van der Waals surface area contributed by atoms with Crippen LogP contribution in [0.4, 0.5) is 0 Å². The zero-order chi connectivity index (χ0) is 13.3. The third kappa shape index (κ3) is 4.59. The predicted octanol–water partition coefficient (Wildman–Crippen LogP) is 3.42. The molecule has 2 unspecified atom stereocenters. The molecule has 0 aromatic heterocycles. The highest BCUT2D eigenvalue weighted by Crippen LogP contribution is 2.34. The fraction of sp³-hybridized carbons (Fsp3) is 0.933. The Bertz CT molecular complexity index is 254. The standard InChI is InChI=1S/C15H27NO2/c1-2-3-4-5-6-7-8-9-14(17)15(12-16)10-11-18-13-15/h14,17H,2-11,13H2,1H3. The lowest BCUT2D eigenvalue weighted by Gasteiger charge is -2.25. The van der Waals surface area contributed by atoms with E-state index >= 15 is 0 Å². The SMILES string of the molecule is CCCCCCCCCC(O)C1(C#N)CCOC1. The van der Waals surface area contributed by atoms with Crippen molar-refractivity contribution in [3.05, 3.63) is 0 Å². The molecule has 0 saturated carbocycles. The second-order valence-electron chi connectivity index (χ2n) is 5.50. The Morgan fingerprint density at radius 3 is 2.44 bits per heavy atom. The summed E-state index contributed by atoms with van der Waals surface area (Å²) in [4.78, 5) is 0. The van der Waals surface area contributed by atoms with E-state index in [0.717, 1.165) is 12.8 Å². The molecule has 1 fully saturated rings. The molecule has 0 aromatic carbocycles. The highest BCUT2D eigenvalue weighted by molar-refractivity contribution is 5.05. The van der Waals surface area contributed by atoms with Crippen molar-refractivity contribution in [2.24, 2.45) is 5.41 Å². The molecular formula is C15H27NO2. The van der Waals surface area contributed by atoms with E-state index in [1.165, 1.54) is 38.5 Å². The van der Waals surface area contributed by atoms with Crippen molar-refractivity contribution in [3.63, 3.8) is 0 Å². The Kier molecular flexibility index (Phi) is 7.31. The molecule has 0 amide bonds. The summed E-state index contributed by atoms with van der Waals surface area (Å²) < 4.78 is 5.26. The first-order chi connectivity index (χ1) is 8.75. The number of unbranched alkanes of at least 4 members (excludes halogenated alkanes) is 6. The number of rotatable bonds is 9. The van der Waals surface area contributed by atoms with Crippen molar-refractivity contribution >= 4 is 0 Å². The van der Waals surface area contributed by atoms with Gasteiger partial charge in [0.2, 0.25) is 0 Å². The van der Waals surface area contributed by atoms with Crippen LogP contribution in [0, 0.1) is 16.7 Å². The molecule has 2 atom stereocenters. The van der Waals surface area contributed by atoms with Gasteiger partial charge in [0.15, 0.2) is 0 Å². The van der Waals surface area contributed by atoms with E-state index in [-0.39, 0.29) is 0 Å². The Labute approximate surface area is 111 Å². The minimum atomic E-state index is -0.623. The molecule has 0 bridgehead atoms. The second-order valence-corrected chi connectivity index (χ2v) is 5.50. The number of nitrogens with zero attached hydrogens (tertiary/aromatic N) is 1. The molecule has 1 heterocycles. The van der Waals surface area contributed by atoms with E-state index in [4.69, 9.17) is 4.74 Å². The van der Waals surface area contributed by atoms with Crippen LogP contribution >= 0.6 is 0 Å². The fourth-order valence-corrected chi connectivity index (χ4v) is 2.58. The fourth-order valence-electron chi connectivity index (χ4n) is 2.58. The molecule has 18 heavy (non-hydrogen) atoms. The van der Waals surface area contributed by atoms with E-state index in [1.807, 2.05) is 0 Å². The first-order valence-electron chi connectivity index (χ1n) is 7.42. The van der Waals surface area contributed by atoms with Crippen LogP contribution in [-0.4, -0.2) is 24.4 Å². The first-order valence-corrected chi connectivity index (χ1v) is 7.42. The molecule has 3 nitrogen and oxygen atoms in total. The van der Waals surface area contributed by atoms with Crippen molar-refractivity contribution in [2.75, 3.05) is 13.2 Å². The largest absolute Gasteiger partial charge is 0.391 e. The lowest BCUT2D eigenvalue weighted by atomic mass is 9.80. The van der Waals surface area contributed by atoms with Gasteiger partial charge in [0.05, 0.1) is 18.8 Å². The average molecular weight is 253 g/mol. The molecular weight excluding hydrogens is 226 g/mol. The summed E-state index contributed by atoms with van der Waals surface area (Å²) >= 11 is 0. The Morgan fingerprint density at radius 2 is 1.89 bits per heavy atom. The normalized spacial score (nSPS) is 24.9. The summed E-state index contributed by atoms with van der Waals surface area (Å²) in [6.45, 7) is 3.24. The Morgan fingerprint density at radius 1 is 1.22 bits per heavy atom. The minimum absolute atomic E-state index is 0.404. The molecule has 1 aliphatic heterocycles. The third-order valence-corrected chi connectivity index (χ3v) is 3.99. The number of aliphatic hydroxyl groups excluding tert-OH is 1. The van der Waals surface area contributed by atoms with E-state index in [1.54, 1.807) is 0 Å². The molecule has 104 valence electrons. The number of aliphatic hydroxyl groups is 1. The summed E-state index contributed by atoms with van der Waals surface area (Å²) in [5.41, 5.74) is -0.623. The van der Waals surface area contributed by atoms with Gasteiger partial charge in [0.1, 0.15) is 5.41 Å². The van der Waals surface area contributed by atoms with Gasteiger partial charge in [-0.25, -0.2) is 0 Å². The molecule has 1 N–H and O–H groups in total. The quantitative estimate of drug-likeness (QED) is 0.641. The van der Waals surface area contributed by atoms with E-state index in [0.29, 0.717) is 19.6 Å². The van der Waals surface area contributed by atoms with Gasteiger partial charge in [-0.15, -0.1) is 0 Å². The Balaban J connectivity index is 2.09. The van der Waals surface area contributed by atoms with Crippen molar-refractivity contribution in [1.29, 1.82) is 5.26 Å². The molecule has 1 rings (SSSR count). The van der Waals surface area contributed by atoms with E-state index in [2.05, 4.69) is 13.0 Å². The topological polar surface area (TPSA) is 53.2 Å². The molecule has 1 saturated heterocycles. The van der Waals surface area contributed by atoms with Crippen molar-refractivity contribution in [1.82, 2.24) is 0 Å². The Hall–Kier alpha value is -0.590. The maximum Gasteiger partial charge on any atom is 0.109 e. The van der Waals surface area contributed by atoms with E-state index in [9.17, 15) is 10.4 Å². The number of ether oxygens (including phenoxy) is 1. The summed E-state index contributed by atoms with van der Waals surface area (Å²) in [7, 11) is 0. The molecule has 3 heteroatoms. The van der Waals surface area contributed by atoms with Crippen LogP contribution < -0.4 is 0 Å². The summed E-state index contributed by atoms with van der Waals surface area (Å²) in [5, 5.41) is 19.3. The average Bonchev–Trinajstić information content (AvgIpc) is 2.87. The van der Waals surface area contributed by atoms with Crippen LogP contribution in [0.25, 0.3) is 0 Å². The van der Waals surface area contributed by atoms with E-state index < -0.39 is 11.5 Å². The van der Waals surface area contributed by atoms with Crippen LogP contribution in [0.2, 0.25) is 0 Å². The van der Waals surface area contributed by atoms with Crippen LogP contribution in [0.1, 0.15) is 64.7 Å². The van der Waals surface area contributed by atoms with Crippen LogP contribution in [0.5, 0.6) is 0 Å². The lowest BCUT2D eigenvalue weighted by molar-refractivity contribution is 0.0431. The predicted molar refractivity (Wildman–Crippen MR) is 72.1 cm³/mol. The molecule has 0 radical (unpaired) electrons. The van der Waals surface area contributed by atoms with Gasteiger partial charge < -0.3 is 9.84 Å². The number of hydrogen-bond donors (Lipinski definition) is 1. The molecule has 1 aliphatic rings. The van der Waals surface area contributed by atoms with Gasteiger partial charge in [-0.05, 0) is 12.8 Å².